The van der Waals surface area contributed by atoms with Crippen molar-refractivity contribution in [1.29, 1.82) is 0 Å². The number of nitrogens with zero attached hydrogens (tertiary/aromatic N) is 1. The first-order valence-electron chi connectivity index (χ1n) is 7.90. The lowest BCUT2D eigenvalue weighted by Gasteiger charge is -2.27. The van der Waals surface area contributed by atoms with E-state index in [1.807, 2.05) is 0 Å². The van der Waals surface area contributed by atoms with Crippen molar-refractivity contribution in [3.8, 4) is 5.75 Å². The van der Waals surface area contributed by atoms with Gasteiger partial charge in [-0.1, -0.05) is 15.9 Å². The Kier molecular flexibility index (Phi) is 3.71. The molecule has 4 rings (SSSR count). The number of halogens is 1. The summed E-state index contributed by atoms with van der Waals surface area (Å²) in [5.74, 6) is -1.36. The fourth-order valence-electron chi connectivity index (χ4n) is 4.44. The number of alkyl halides is 1. The molecule has 1 aliphatic heterocycles. The Morgan fingerprint density at radius 2 is 2.20 bits per heavy atom. The average molecular weight is 411 g/mol. The molecule has 2 aliphatic carbocycles. The van der Waals surface area contributed by atoms with Gasteiger partial charge in [-0.05, 0) is 24.5 Å². The number of anilines is 1. The van der Waals surface area contributed by atoms with Crippen LogP contribution in [0.15, 0.2) is 18.2 Å². The molecule has 3 fully saturated rings. The summed E-state index contributed by atoms with van der Waals surface area (Å²) in [6.45, 7) is 0. The van der Waals surface area contributed by atoms with Crippen LogP contribution in [0.5, 0.6) is 5.75 Å². The number of fused-ring (bicyclic) bond motifs is 1. The van der Waals surface area contributed by atoms with Gasteiger partial charge in [-0.15, -0.1) is 0 Å². The summed E-state index contributed by atoms with van der Waals surface area (Å²) < 4.78 is 10.4. The number of hydrogen-bond acceptors (Lipinski definition) is 6. The Morgan fingerprint density at radius 1 is 1.44 bits per heavy atom. The molecule has 1 saturated heterocycles. The van der Waals surface area contributed by atoms with Crippen LogP contribution in [0.25, 0.3) is 0 Å². The smallest absolute Gasteiger partial charge is 0.310 e. The number of ether oxygens (including phenoxy) is 2. The van der Waals surface area contributed by atoms with Gasteiger partial charge in [0.1, 0.15) is 17.5 Å². The van der Waals surface area contributed by atoms with Crippen molar-refractivity contribution in [2.45, 2.75) is 17.4 Å². The second-order valence-electron chi connectivity index (χ2n) is 6.59. The maximum Gasteiger partial charge on any atom is 0.310 e. The highest BCUT2D eigenvalue weighted by molar-refractivity contribution is 9.09. The third-order valence-corrected chi connectivity index (χ3v) is 6.69. The average Bonchev–Trinajstić information content (AvgIpc) is 3.19. The highest BCUT2D eigenvalue weighted by Crippen LogP contribution is 2.60. The largest absolute Gasteiger partial charge is 0.496 e. The van der Waals surface area contributed by atoms with Crippen LogP contribution in [0.2, 0.25) is 0 Å². The Labute approximate surface area is 151 Å². The molecule has 1 amide bonds. The quantitative estimate of drug-likeness (QED) is 0.352. The summed E-state index contributed by atoms with van der Waals surface area (Å²) >= 11 is 3.54. The number of carbonyl (C=O) groups is 2. The molecule has 1 heterocycles. The molecule has 2 saturated carbocycles. The first-order valence-corrected chi connectivity index (χ1v) is 8.81. The van der Waals surface area contributed by atoms with Gasteiger partial charge in [0.05, 0.1) is 34.8 Å². The molecule has 2 bridgehead atoms. The lowest BCUT2D eigenvalue weighted by atomic mass is 9.79. The van der Waals surface area contributed by atoms with E-state index in [1.54, 1.807) is 0 Å². The summed E-state index contributed by atoms with van der Waals surface area (Å²) in [5.41, 5.74) is -0.161. The second kappa shape index (κ2) is 5.69. The predicted octanol–water partition coefficient (Wildman–Crippen LogP) is 2.11. The molecule has 0 spiro atoms. The first kappa shape index (κ1) is 16.3. The van der Waals surface area contributed by atoms with Crippen LogP contribution in [0.1, 0.15) is 6.42 Å². The molecule has 3 aliphatic rings. The molecule has 0 radical (unpaired) electrons. The maximum atomic E-state index is 12.8. The van der Waals surface area contributed by atoms with Gasteiger partial charge in [-0.2, -0.15) is 0 Å². The molecular formula is C16H15BrN2O6. The number of nitro benzene ring substituents is 1. The van der Waals surface area contributed by atoms with Crippen LogP contribution in [0.4, 0.5) is 11.4 Å². The lowest BCUT2D eigenvalue weighted by molar-refractivity contribution is -0.384. The van der Waals surface area contributed by atoms with E-state index in [4.69, 9.17) is 9.47 Å². The summed E-state index contributed by atoms with van der Waals surface area (Å²) in [5, 5.41) is 13.9. The SMILES string of the molecule is COc1ccc(NC(=O)[C@@H]2[C@H]3C[C@H]4[C@H](OC(=O)[C@H]42)[C@H]3Br)c([N+](=O)[O-])c1. The molecule has 6 atom stereocenters. The number of esters is 1. The van der Waals surface area contributed by atoms with Crippen molar-refractivity contribution in [2.75, 3.05) is 12.4 Å². The van der Waals surface area contributed by atoms with E-state index >= 15 is 0 Å². The summed E-state index contributed by atoms with van der Waals surface area (Å²) in [6, 6.07) is 4.23. The molecule has 1 N–H and O–H groups in total. The van der Waals surface area contributed by atoms with Crippen molar-refractivity contribution in [3.05, 3.63) is 28.3 Å². The Balaban J connectivity index is 1.61. The first-order chi connectivity index (χ1) is 11.9. The van der Waals surface area contributed by atoms with E-state index in [9.17, 15) is 19.7 Å². The zero-order chi connectivity index (χ0) is 17.9. The molecular weight excluding hydrogens is 396 g/mol. The number of nitro groups is 1. The van der Waals surface area contributed by atoms with Crippen LogP contribution in [0, 0.1) is 33.8 Å². The normalized spacial score (nSPS) is 34.7. The highest BCUT2D eigenvalue weighted by atomic mass is 79.9. The Morgan fingerprint density at radius 3 is 2.88 bits per heavy atom. The number of carbonyl (C=O) groups excluding carboxylic acids is 2. The van der Waals surface area contributed by atoms with Crippen molar-refractivity contribution in [2.24, 2.45) is 23.7 Å². The van der Waals surface area contributed by atoms with E-state index in [0.717, 1.165) is 6.42 Å². The fraction of sp³-hybridized carbons (Fsp3) is 0.500. The number of methoxy groups -OCH3 is 1. The van der Waals surface area contributed by atoms with E-state index in [2.05, 4.69) is 21.2 Å². The predicted molar refractivity (Wildman–Crippen MR) is 89.5 cm³/mol. The second-order valence-corrected chi connectivity index (χ2v) is 7.65. The van der Waals surface area contributed by atoms with Crippen molar-refractivity contribution in [3.63, 3.8) is 0 Å². The van der Waals surface area contributed by atoms with E-state index < -0.39 is 16.8 Å². The molecule has 0 unspecified atom stereocenters. The van der Waals surface area contributed by atoms with Gasteiger partial charge >= 0.3 is 5.97 Å². The van der Waals surface area contributed by atoms with Gasteiger partial charge in [-0.25, -0.2) is 0 Å². The van der Waals surface area contributed by atoms with Gasteiger partial charge in [0, 0.05) is 5.92 Å². The molecule has 25 heavy (non-hydrogen) atoms. The van der Waals surface area contributed by atoms with Crippen molar-refractivity contribution in [1.82, 2.24) is 0 Å². The van der Waals surface area contributed by atoms with E-state index in [0.29, 0.717) is 5.75 Å². The number of benzene rings is 1. The van der Waals surface area contributed by atoms with Crippen LogP contribution < -0.4 is 10.1 Å². The minimum absolute atomic E-state index is 0.0104. The summed E-state index contributed by atoms with van der Waals surface area (Å²) in [7, 11) is 1.41. The molecule has 1 aromatic rings. The molecule has 1 aromatic carbocycles. The zero-order valence-electron chi connectivity index (χ0n) is 13.2. The van der Waals surface area contributed by atoms with Gasteiger partial charge in [0.25, 0.3) is 5.69 Å². The summed E-state index contributed by atoms with van der Waals surface area (Å²) in [6.07, 6.45) is 0.585. The van der Waals surface area contributed by atoms with Gasteiger partial charge in [0.15, 0.2) is 0 Å². The highest BCUT2D eigenvalue weighted by Gasteiger charge is 2.67. The Hall–Kier alpha value is -2.16. The third kappa shape index (κ3) is 2.32. The number of nitrogens with one attached hydrogen (secondary N) is 1. The Bertz CT molecular complexity index is 784. The third-order valence-electron chi connectivity index (χ3n) is 5.49. The van der Waals surface area contributed by atoms with Gasteiger partial charge in [-0.3, -0.25) is 19.7 Å². The van der Waals surface area contributed by atoms with Gasteiger partial charge < -0.3 is 14.8 Å². The van der Waals surface area contributed by atoms with Crippen LogP contribution in [-0.4, -0.2) is 34.8 Å². The fourth-order valence-corrected chi connectivity index (χ4v) is 5.49. The molecule has 9 heteroatoms. The number of hydrogen-bond donors (Lipinski definition) is 1. The van der Waals surface area contributed by atoms with E-state index in [-0.39, 0.29) is 46.0 Å². The number of amides is 1. The number of rotatable bonds is 4. The summed E-state index contributed by atoms with van der Waals surface area (Å²) in [4.78, 5) is 35.6. The van der Waals surface area contributed by atoms with Crippen molar-refractivity contribution < 1.29 is 24.0 Å². The molecule has 132 valence electrons. The van der Waals surface area contributed by atoms with Crippen LogP contribution in [-0.2, 0) is 14.3 Å². The minimum Gasteiger partial charge on any atom is -0.496 e. The molecule has 0 aromatic heterocycles. The standard InChI is InChI=1S/C16H15BrN2O6/c1-24-6-2-3-9(10(4-6)19(22)23)18-15(20)11-7-5-8-12(11)16(21)25-14(8)13(7)17/h2-4,7-8,11-14H,5H2,1H3,(H,18,20)/t7-,8-,11-,12-,13+,14+/m1/s1. The van der Waals surface area contributed by atoms with Crippen LogP contribution >= 0.6 is 15.9 Å². The van der Waals surface area contributed by atoms with E-state index in [1.165, 1.54) is 25.3 Å². The van der Waals surface area contributed by atoms with Crippen LogP contribution in [0.3, 0.4) is 0 Å². The van der Waals surface area contributed by atoms with Crippen molar-refractivity contribution >= 4 is 39.2 Å². The monoisotopic (exact) mass is 410 g/mol. The van der Waals surface area contributed by atoms with Gasteiger partial charge in [0.2, 0.25) is 5.91 Å². The maximum absolute atomic E-state index is 12.8. The zero-order valence-corrected chi connectivity index (χ0v) is 14.8. The topological polar surface area (TPSA) is 108 Å². The molecule has 8 nitrogen and oxygen atoms in total. The lowest BCUT2D eigenvalue weighted by Crippen LogP contribution is -2.40. The minimum atomic E-state index is -0.577.